The molecule has 0 fully saturated rings. The van der Waals surface area contributed by atoms with Gasteiger partial charge >= 0.3 is 0 Å². The molecule has 0 aliphatic carbocycles. The molecule has 1 aromatic heterocycles. The summed E-state index contributed by atoms with van der Waals surface area (Å²) in [7, 11) is 3.75. The fraction of sp³-hybridized carbons (Fsp3) is 0.150. The SMILES string of the molecule is COc1ccccc1/C=C/CN=Cc1cc2ccccc2n1C. The van der Waals surface area contributed by atoms with Gasteiger partial charge in [-0.15, -0.1) is 0 Å². The molecule has 0 N–H and O–H groups in total. The summed E-state index contributed by atoms with van der Waals surface area (Å²) >= 11 is 0. The molecule has 2 aromatic carbocycles. The Morgan fingerprint density at radius 1 is 1.09 bits per heavy atom. The standard InChI is InChI=1S/C20H20N2O/c1-22-18(14-17-9-3-5-11-19(17)22)15-21-13-7-10-16-8-4-6-12-20(16)23-2/h3-12,14-15H,13H2,1-2H3/b10-7+,21-15?. The zero-order valence-electron chi connectivity index (χ0n) is 13.4. The zero-order chi connectivity index (χ0) is 16.1. The number of benzene rings is 2. The Morgan fingerprint density at radius 2 is 1.87 bits per heavy atom. The van der Waals surface area contributed by atoms with Crippen molar-refractivity contribution in [1.29, 1.82) is 0 Å². The molecule has 23 heavy (non-hydrogen) atoms. The molecule has 0 saturated heterocycles. The van der Waals surface area contributed by atoms with Gasteiger partial charge in [-0.25, -0.2) is 0 Å². The number of aromatic nitrogens is 1. The van der Waals surface area contributed by atoms with E-state index in [1.54, 1.807) is 7.11 Å². The Bertz CT molecular complexity index is 859. The first-order chi connectivity index (χ1) is 11.3. The van der Waals surface area contributed by atoms with Gasteiger partial charge < -0.3 is 9.30 Å². The molecule has 0 bridgehead atoms. The summed E-state index contributed by atoms with van der Waals surface area (Å²) in [5.74, 6) is 0.876. The monoisotopic (exact) mass is 304 g/mol. The van der Waals surface area contributed by atoms with Crippen LogP contribution in [0.5, 0.6) is 5.75 Å². The number of nitrogens with zero attached hydrogens (tertiary/aromatic N) is 2. The van der Waals surface area contributed by atoms with Crippen LogP contribution < -0.4 is 4.74 Å². The van der Waals surface area contributed by atoms with E-state index in [0.717, 1.165) is 17.0 Å². The van der Waals surface area contributed by atoms with Crippen LogP contribution in [0, 0.1) is 0 Å². The van der Waals surface area contributed by atoms with Crippen molar-refractivity contribution in [3.05, 3.63) is 71.9 Å². The fourth-order valence-corrected chi connectivity index (χ4v) is 2.63. The van der Waals surface area contributed by atoms with E-state index in [0.29, 0.717) is 6.54 Å². The average Bonchev–Trinajstić information content (AvgIpc) is 2.91. The van der Waals surface area contributed by atoms with Crippen LogP contribution >= 0.6 is 0 Å². The van der Waals surface area contributed by atoms with Gasteiger partial charge in [0.2, 0.25) is 0 Å². The Balaban J connectivity index is 1.69. The Kier molecular flexibility index (Phi) is 4.57. The first kappa shape index (κ1) is 15.1. The zero-order valence-corrected chi connectivity index (χ0v) is 13.4. The van der Waals surface area contributed by atoms with Gasteiger partial charge in [-0.1, -0.05) is 48.6 Å². The topological polar surface area (TPSA) is 26.5 Å². The third-order valence-electron chi connectivity index (χ3n) is 3.86. The summed E-state index contributed by atoms with van der Waals surface area (Å²) in [6.07, 6.45) is 6.00. The summed E-state index contributed by atoms with van der Waals surface area (Å²) in [6, 6.07) is 18.5. The Labute approximate surface area is 136 Å². The van der Waals surface area contributed by atoms with Crippen LogP contribution in [0.25, 0.3) is 17.0 Å². The molecule has 0 aliphatic rings. The van der Waals surface area contributed by atoms with Crippen molar-refractivity contribution in [2.24, 2.45) is 12.0 Å². The second-order valence-electron chi connectivity index (χ2n) is 5.33. The summed E-state index contributed by atoms with van der Waals surface area (Å²) in [5.41, 5.74) is 3.39. The maximum Gasteiger partial charge on any atom is 0.126 e. The summed E-state index contributed by atoms with van der Waals surface area (Å²) in [5, 5.41) is 1.24. The second-order valence-corrected chi connectivity index (χ2v) is 5.33. The average molecular weight is 304 g/mol. The second kappa shape index (κ2) is 6.97. The van der Waals surface area contributed by atoms with Gasteiger partial charge in [0.25, 0.3) is 0 Å². The van der Waals surface area contributed by atoms with Crippen LogP contribution in [0.3, 0.4) is 0 Å². The largest absolute Gasteiger partial charge is 0.496 e. The molecule has 0 spiro atoms. The van der Waals surface area contributed by atoms with Crippen LogP contribution in [0.4, 0.5) is 0 Å². The maximum absolute atomic E-state index is 5.33. The molecule has 3 heteroatoms. The van der Waals surface area contributed by atoms with E-state index < -0.39 is 0 Å². The number of para-hydroxylation sites is 2. The summed E-state index contributed by atoms with van der Waals surface area (Å²) in [4.78, 5) is 4.49. The van der Waals surface area contributed by atoms with E-state index in [9.17, 15) is 0 Å². The number of hydrogen-bond acceptors (Lipinski definition) is 2. The van der Waals surface area contributed by atoms with E-state index in [2.05, 4.69) is 46.9 Å². The molecule has 116 valence electrons. The number of hydrogen-bond donors (Lipinski definition) is 0. The highest BCUT2D eigenvalue weighted by Gasteiger charge is 2.01. The first-order valence-corrected chi connectivity index (χ1v) is 7.63. The van der Waals surface area contributed by atoms with Crippen LogP contribution in [-0.4, -0.2) is 24.4 Å². The van der Waals surface area contributed by atoms with Crippen molar-refractivity contribution in [1.82, 2.24) is 4.57 Å². The van der Waals surface area contributed by atoms with Crippen molar-refractivity contribution in [3.63, 3.8) is 0 Å². The van der Waals surface area contributed by atoms with E-state index in [1.807, 2.05) is 42.6 Å². The van der Waals surface area contributed by atoms with Crippen molar-refractivity contribution >= 4 is 23.2 Å². The summed E-state index contributed by atoms with van der Waals surface area (Å²) in [6.45, 7) is 0.638. The van der Waals surface area contributed by atoms with E-state index in [1.165, 1.54) is 10.9 Å². The van der Waals surface area contributed by atoms with Crippen LogP contribution in [-0.2, 0) is 7.05 Å². The van der Waals surface area contributed by atoms with Crippen molar-refractivity contribution in [3.8, 4) is 5.75 Å². The van der Waals surface area contributed by atoms with Gasteiger partial charge in [0, 0.05) is 29.7 Å². The van der Waals surface area contributed by atoms with E-state index in [4.69, 9.17) is 4.74 Å². The highest BCUT2D eigenvalue weighted by Crippen LogP contribution is 2.19. The number of aliphatic imine (C=N–C) groups is 1. The number of methoxy groups -OCH3 is 1. The van der Waals surface area contributed by atoms with Crippen LogP contribution in [0.15, 0.2) is 65.7 Å². The fourth-order valence-electron chi connectivity index (χ4n) is 2.63. The third-order valence-corrected chi connectivity index (χ3v) is 3.86. The van der Waals surface area contributed by atoms with Crippen LogP contribution in [0.2, 0.25) is 0 Å². The smallest absolute Gasteiger partial charge is 0.126 e. The van der Waals surface area contributed by atoms with E-state index in [-0.39, 0.29) is 0 Å². The molecule has 0 atom stereocenters. The lowest BCUT2D eigenvalue weighted by Gasteiger charge is -2.02. The van der Waals surface area contributed by atoms with Gasteiger partial charge in [0.05, 0.1) is 19.3 Å². The van der Waals surface area contributed by atoms with Gasteiger partial charge in [-0.05, 0) is 18.2 Å². The Morgan fingerprint density at radius 3 is 2.70 bits per heavy atom. The molecule has 3 nitrogen and oxygen atoms in total. The number of rotatable bonds is 5. The van der Waals surface area contributed by atoms with Gasteiger partial charge in [-0.2, -0.15) is 0 Å². The maximum atomic E-state index is 5.33. The predicted octanol–water partition coefficient (Wildman–Crippen LogP) is 4.32. The first-order valence-electron chi connectivity index (χ1n) is 7.63. The molecular weight excluding hydrogens is 284 g/mol. The molecule has 0 unspecified atom stereocenters. The number of fused-ring (bicyclic) bond motifs is 1. The highest BCUT2D eigenvalue weighted by molar-refractivity contribution is 5.90. The number of ether oxygens (including phenoxy) is 1. The minimum atomic E-state index is 0.638. The lowest BCUT2D eigenvalue weighted by Crippen LogP contribution is -1.94. The molecular formula is C20H20N2O. The molecule has 3 rings (SSSR count). The lowest BCUT2D eigenvalue weighted by molar-refractivity contribution is 0.414. The van der Waals surface area contributed by atoms with Gasteiger partial charge in [0.1, 0.15) is 5.75 Å². The quantitative estimate of drug-likeness (QED) is 0.645. The van der Waals surface area contributed by atoms with Crippen molar-refractivity contribution < 1.29 is 4.74 Å². The van der Waals surface area contributed by atoms with Crippen molar-refractivity contribution in [2.75, 3.05) is 13.7 Å². The number of aryl methyl sites for hydroxylation is 1. The molecule has 1 heterocycles. The molecule has 0 saturated carbocycles. The predicted molar refractivity (Wildman–Crippen MR) is 97.4 cm³/mol. The minimum absolute atomic E-state index is 0.638. The van der Waals surface area contributed by atoms with Gasteiger partial charge in [-0.3, -0.25) is 4.99 Å². The third kappa shape index (κ3) is 3.34. The summed E-state index contributed by atoms with van der Waals surface area (Å²) < 4.78 is 7.48. The van der Waals surface area contributed by atoms with Crippen LogP contribution in [0.1, 0.15) is 11.3 Å². The van der Waals surface area contributed by atoms with Crippen molar-refractivity contribution in [2.45, 2.75) is 0 Å². The highest BCUT2D eigenvalue weighted by atomic mass is 16.5. The van der Waals surface area contributed by atoms with Gasteiger partial charge in [0.15, 0.2) is 0 Å². The molecule has 0 radical (unpaired) electrons. The van der Waals surface area contributed by atoms with E-state index >= 15 is 0 Å². The minimum Gasteiger partial charge on any atom is -0.496 e. The molecule has 0 aliphatic heterocycles. The molecule has 3 aromatic rings. The Hall–Kier alpha value is -2.81. The molecule has 0 amide bonds. The normalized spacial score (nSPS) is 11.7. The lowest BCUT2D eigenvalue weighted by atomic mass is 10.2.